The summed E-state index contributed by atoms with van der Waals surface area (Å²) in [6, 6.07) is 8.81. The molecule has 1 aromatic carbocycles. The molecule has 2 rings (SSSR count). The number of benzene rings is 1. The maximum absolute atomic E-state index is 13.4. The molecule has 0 aliphatic heterocycles. The molecule has 0 bridgehead atoms. The Morgan fingerprint density at radius 1 is 1.12 bits per heavy atom. The van der Waals surface area contributed by atoms with Crippen LogP contribution in [0.4, 0.5) is 20.2 Å². The van der Waals surface area contributed by atoms with Crippen molar-refractivity contribution in [3.63, 3.8) is 0 Å². The summed E-state index contributed by atoms with van der Waals surface area (Å²) in [6.45, 7) is 0. The Labute approximate surface area is 96.3 Å². The fourth-order valence-electron chi connectivity index (χ4n) is 1.34. The largest absolute Gasteiger partial charge is 0.351 e. The highest BCUT2D eigenvalue weighted by Crippen LogP contribution is 2.22. The van der Waals surface area contributed by atoms with E-state index in [2.05, 4.69) is 10.3 Å². The average molecular weight is 231 g/mol. The van der Waals surface area contributed by atoms with Crippen LogP contribution in [0.25, 0.3) is 0 Å². The van der Waals surface area contributed by atoms with Gasteiger partial charge >= 0.3 is 0 Å². The monoisotopic (exact) mass is 231 g/mol. The summed E-state index contributed by atoms with van der Waals surface area (Å²) in [4.78, 5) is 3.81. The van der Waals surface area contributed by atoms with Gasteiger partial charge < -0.3 is 5.32 Å². The fourth-order valence-corrected chi connectivity index (χ4v) is 1.34. The number of anilines is 2. The molecule has 0 saturated heterocycles. The summed E-state index contributed by atoms with van der Waals surface area (Å²) in [5.41, 5.74) is 0.421. The number of hydrogen-bond acceptors (Lipinski definition) is 3. The van der Waals surface area contributed by atoms with E-state index >= 15 is 0 Å². The van der Waals surface area contributed by atoms with E-state index in [1.807, 2.05) is 6.07 Å². The number of nitrogens with zero attached hydrogens (tertiary/aromatic N) is 2. The first kappa shape index (κ1) is 11.0. The summed E-state index contributed by atoms with van der Waals surface area (Å²) in [5, 5.41) is 11.4. The van der Waals surface area contributed by atoms with E-state index < -0.39 is 11.6 Å². The minimum atomic E-state index is -0.986. The topological polar surface area (TPSA) is 48.7 Å². The van der Waals surface area contributed by atoms with Crippen molar-refractivity contribution in [1.29, 1.82) is 5.26 Å². The molecule has 0 atom stereocenters. The molecular weight excluding hydrogens is 224 g/mol. The van der Waals surface area contributed by atoms with Crippen molar-refractivity contribution in [2.45, 2.75) is 0 Å². The summed E-state index contributed by atoms with van der Waals surface area (Å²) < 4.78 is 26.4. The molecule has 0 fully saturated rings. The lowest BCUT2D eigenvalue weighted by atomic mass is 10.2. The SMILES string of the molecule is N#Cc1ncccc1Nc1cccc(F)c1F. The minimum Gasteiger partial charge on any atom is -0.351 e. The van der Waals surface area contributed by atoms with Crippen molar-refractivity contribution in [3.05, 3.63) is 53.9 Å². The lowest BCUT2D eigenvalue weighted by Crippen LogP contribution is -1.99. The third kappa shape index (κ3) is 2.21. The van der Waals surface area contributed by atoms with Crippen LogP contribution in [0.5, 0.6) is 0 Å². The van der Waals surface area contributed by atoms with Crippen molar-refractivity contribution < 1.29 is 8.78 Å². The third-order valence-electron chi connectivity index (χ3n) is 2.13. The van der Waals surface area contributed by atoms with Crippen molar-refractivity contribution >= 4 is 11.4 Å². The van der Waals surface area contributed by atoms with E-state index in [4.69, 9.17) is 5.26 Å². The van der Waals surface area contributed by atoms with Gasteiger partial charge in [-0.3, -0.25) is 0 Å². The van der Waals surface area contributed by atoms with Gasteiger partial charge in [0.1, 0.15) is 6.07 Å². The minimum absolute atomic E-state index is 0.0329. The fraction of sp³-hybridized carbons (Fsp3) is 0. The van der Waals surface area contributed by atoms with E-state index in [0.29, 0.717) is 5.69 Å². The van der Waals surface area contributed by atoms with Gasteiger partial charge in [-0.25, -0.2) is 13.8 Å². The predicted molar refractivity (Wildman–Crippen MR) is 58.6 cm³/mol. The molecule has 0 amide bonds. The Morgan fingerprint density at radius 2 is 1.88 bits per heavy atom. The van der Waals surface area contributed by atoms with Gasteiger partial charge in [0.2, 0.25) is 0 Å². The molecule has 0 aliphatic carbocycles. The van der Waals surface area contributed by atoms with Crippen molar-refractivity contribution in [3.8, 4) is 6.07 Å². The smallest absolute Gasteiger partial charge is 0.182 e. The maximum Gasteiger partial charge on any atom is 0.182 e. The van der Waals surface area contributed by atoms with Gasteiger partial charge in [-0.1, -0.05) is 6.07 Å². The molecule has 84 valence electrons. The lowest BCUT2D eigenvalue weighted by molar-refractivity contribution is 0.512. The zero-order valence-corrected chi connectivity index (χ0v) is 8.61. The summed E-state index contributed by atoms with van der Waals surface area (Å²) >= 11 is 0. The number of nitriles is 1. The Bertz CT molecular complexity index is 591. The number of pyridine rings is 1. The zero-order valence-electron chi connectivity index (χ0n) is 8.61. The first-order valence-electron chi connectivity index (χ1n) is 4.78. The van der Waals surface area contributed by atoms with E-state index in [1.165, 1.54) is 18.3 Å². The first-order chi connectivity index (χ1) is 8.22. The van der Waals surface area contributed by atoms with Crippen molar-refractivity contribution in [2.75, 3.05) is 5.32 Å². The van der Waals surface area contributed by atoms with Gasteiger partial charge in [0.15, 0.2) is 17.3 Å². The van der Waals surface area contributed by atoms with Gasteiger partial charge in [0, 0.05) is 6.20 Å². The highest BCUT2D eigenvalue weighted by atomic mass is 19.2. The van der Waals surface area contributed by atoms with E-state index in [-0.39, 0.29) is 11.4 Å². The van der Waals surface area contributed by atoms with E-state index in [0.717, 1.165) is 6.07 Å². The molecule has 1 N–H and O–H groups in total. The van der Waals surface area contributed by atoms with Crippen molar-refractivity contribution in [2.24, 2.45) is 0 Å². The van der Waals surface area contributed by atoms with Crippen LogP contribution in [-0.4, -0.2) is 4.98 Å². The quantitative estimate of drug-likeness (QED) is 0.864. The molecule has 1 aromatic heterocycles. The number of halogens is 2. The summed E-state index contributed by atoms with van der Waals surface area (Å²) in [7, 11) is 0. The molecule has 2 aromatic rings. The molecule has 1 heterocycles. The molecule has 17 heavy (non-hydrogen) atoms. The highest BCUT2D eigenvalue weighted by molar-refractivity contribution is 5.64. The van der Waals surface area contributed by atoms with Crippen LogP contribution in [0.2, 0.25) is 0 Å². The average Bonchev–Trinajstić information content (AvgIpc) is 2.35. The molecule has 3 nitrogen and oxygen atoms in total. The molecule has 5 heteroatoms. The Balaban J connectivity index is 2.39. The zero-order chi connectivity index (χ0) is 12.3. The molecule has 0 radical (unpaired) electrons. The van der Waals surface area contributed by atoms with E-state index in [1.54, 1.807) is 12.1 Å². The van der Waals surface area contributed by atoms with Crippen LogP contribution in [0.3, 0.4) is 0 Å². The van der Waals surface area contributed by atoms with E-state index in [9.17, 15) is 8.78 Å². The highest BCUT2D eigenvalue weighted by Gasteiger charge is 2.09. The lowest BCUT2D eigenvalue weighted by Gasteiger charge is -2.08. The number of rotatable bonds is 2. The van der Waals surface area contributed by atoms with Gasteiger partial charge in [-0.05, 0) is 24.3 Å². The number of nitrogens with one attached hydrogen (secondary N) is 1. The normalized spacial score (nSPS) is 9.71. The number of aromatic nitrogens is 1. The second-order valence-electron chi connectivity index (χ2n) is 3.24. The van der Waals surface area contributed by atoms with Crippen LogP contribution in [0, 0.1) is 23.0 Å². The Morgan fingerprint density at radius 3 is 2.65 bits per heavy atom. The molecule has 0 saturated carbocycles. The molecule has 0 aliphatic rings. The molecule has 0 unspecified atom stereocenters. The molecule has 0 spiro atoms. The first-order valence-corrected chi connectivity index (χ1v) is 4.78. The Kier molecular flexibility index (Phi) is 2.97. The summed E-state index contributed by atoms with van der Waals surface area (Å²) in [5.74, 6) is -1.93. The van der Waals surface area contributed by atoms with Crippen molar-refractivity contribution in [1.82, 2.24) is 4.98 Å². The van der Waals surface area contributed by atoms with Gasteiger partial charge in [0.05, 0.1) is 11.4 Å². The van der Waals surface area contributed by atoms with Crippen LogP contribution >= 0.6 is 0 Å². The second kappa shape index (κ2) is 4.58. The Hall–Kier alpha value is -2.48. The summed E-state index contributed by atoms with van der Waals surface area (Å²) in [6.07, 6.45) is 1.45. The van der Waals surface area contributed by atoms with Crippen LogP contribution in [0.1, 0.15) is 5.69 Å². The maximum atomic E-state index is 13.4. The van der Waals surface area contributed by atoms with Crippen LogP contribution in [0.15, 0.2) is 36.5 Å². The standard InChI is InChI=1S/C12H7F2N3/c13-8-3-1-4-10(12(8)14)17-9-5-2-6-16-11(9)7-15/h1-6,17H. The van der Waals surface area contributed by atoms with Gasteiger partial charge in [-0.15, -0.1) is 0 Å². The van der Waals surface area contributed by atoms with Gasteiger partial charge in [0.25, 0.3) is 0 Å². The predicted octanol–water partition coefficient (Wildman–Crippen LogP) is 2.98. The van der Waals surface area contributed by atoms with Crippen LogP contribution in [-0.2, 0) is 0 Å². The molecular formula is C12H7F2N3. The number of hydrogen-bond donors (Lipinski definition) is 1. The third-order valence-corrected chi connectivity index (χ3v) is 2.13. The second-order valence-corrected chi connectivity index (χ2v) is 3.24. The van der Waals surface area contributed by atoms with Crippen LogP contribution < -0.4 is 5.32 Å². The van der Waals surface area contributed by atoms with Gasteiger partial charge in [-0.2, -0.15) is 5.26 Å².